The number of aliphatic hydroxyl groups is 1. The molecule has 0 bridgehead atoms. The molecule has 1 atom stereocenters. The summed E-state index contributed by atoms with van der Waals surface area (Å²) in [5, 5.41) is 11.3. The maximum atomic E-state index is 10.3. The van der Waals surface area contributed by atoms with E-state index in [1.807, 2.05) is 48.9 Å². The van der Waals surface area contributed by atoms with Crippen molar-refractivity contribution in [2.24, 2.45) is 0 Å². The first-order chi connectivity index (χ1) is 12.8. The number of pyridine rings is 1. The van der Waals surface area contributed by atoms with E-state index < -0.39 is 6.29 Å². The van der Waals surface area contributed by atoms with Crippen LogP contribution in [-0.2, 0) is 0 Å². The smallest absolute Gasteiger partial charge is 0.198 e. The number of aromatic amines is 1. The molecule has 2 N–H and O–H groups in total. The number of hydrogen-bond acceptors (Lipinski definition) is 4. The highest BCUT2D eigenvalue weighted by atomic mass is 16.6. The third-order valence-corrected chi connectivity index (χ3v) is 5.25. The van der Waals surface area contributed by atoms with Gasteiger partial charge in [-0.2, -0.15) is 0 Å². The number of piperidine rings is 1. The maximum absolute atomic E-state index is 10.3. The van der Waals surface area contributed by atoms with Crippen molar-refractivity contribution in [1.29, 1.82) is 0 Å². The predicted molar refractivity (Wildman–Crippen MR) is 102 cm³/mol. The number of hydrogen-bond donors (Lipinski definition) is 2. The lowest BCUT2D eigenvalue weighted by atomic mass is 9.90. The first-order valence-corrected chi connectivity index (χ1v) is 9.33. The van der Waals surface area contributed by atoms with E-state index in [1.54, 1.807) is 0 Å². The second-order valence-electron chi connectivity index (χ2n) is 6.96. The van der Waals surface area contributed by atoms with Crippen LogP contribution in [0.3, 0.4) is 0 Å². The van der Waals surface area contributed by atoms with Crippen molar-refractivity contribution in [3.63, 3.8) is 0 Å². The van der Waals surface area contributed by atoms with Crippen LogP contribution in [0.4, 0.5) is 0 Å². The van der Waals surface area contributed by atoms with Crippen LogP contribution in [0.5, 0.6) is 5.75 Å². The summed E-state index contributed by atoms with van der Waals surface area (Å²) in [5.41, 5.74) is 2.36. The molecule has 0 aliphatic carbocycles. The van der Waals surface area contributed by atoms with E-state index in [2.05, 4.69) is 20.9 Å². The zero-order valence-corrected chi connectivity index (χ0v) is 14.8. The second-order valence-corrected chi connectivity index (χ2v) is 6.96. The van der Waals surface area contributed by atoms with E-state index >= 15 is 0 Å². The number of aliphatic hydroxyl groups excluding tert-OH is 1. The van der Waals surface area contributed by atoms with Crippen LogP contribution in [0.2, 0.25) is 0 Å². The first kappa shape index (κ1) is 17.1. The lowest BCUT2D eigenvalue weighted by molar-refractivity contribution is -0.0290. The third-order valence-electron chi connectivity index (χ3n) is 5.25. The van der Waals surface area contributed by atoms with Gasteiger partial charge in [0, 0.05) is 42.5 Å². The summed E-state index contributed by atoms with van der Waals surface area (Å²) in [4.78, 5) is 9.80. The number of fused-ring (bicyclic) bond motifs is 1. The third kappa shape index (κ3) is 3.89. The number of aromatic nitrogens is 2. The molecule has 0 saturated carbocycles. The molecule has 0 amide bonds. The molecule has 1 aromatic carbocycles. The Hall–Kier alpha value is -2.37. The maximum Gasteiger partial charge on any atom is 0.198 e. The summed E-state index contributed by atoms with van der Waals surface area (Å²) in [6.45, 7) is 2.96. The van der Waals surface area contributed by atoms with Crippen LogP contribution in [0.25, 0.3) is 10.9 Å². The van der Waals surface area contributed by atoms with Crippen molar-refractivity contribution in [3.05, 3.63) is 60.6 Å². The topological polar surface area (TPSA) is 61.4 Å². The van der Waals surface area contributed by atoms with E-state index in [0.717, 1.165) is 49.1 Å². The molecule has 136 valence electrons. The van der Waals surface area contributed by atoms with Gasteiger partial charge in [-0.3, -0.25) is 4.98 Å². The Morgan fingerprint density at radius 2 is 2.08 bits per heavy atom. The number of nitrogens with zero attached hydrogens (tertiary/aromatic N) is 2. The summed E-state index contributed by atoms with van der Waals surface area (Å²) in [6.07, 6.45) is 7.81. The molecular formula is C21H25N3O2. The molecule has 1 aliphatic rings. The monoisotopic (exact) mass is 351 g/mol. The minimum absolute atomic E-state index is 0.604. The molecule has 1 saturated heterocycles. The van der Waals surface area contributed by atoms with Gasteiger partial charge in [-0.1, -0.05) is 12.1 Å². The van der Waals surface area contributed by atoms with Crippen LogP contribution in [-0.4, -0.2) is 45.9 Å². The molecule has 1 unspecified atom stereocenters. The van der Waals surface area contributed by atoms with Crippen molar-refractivity contribution in [3.8, 4) is 5.75 Å². The largest absolute Gasteiger partial charge is 0.464 e. The molecule has 1 aliphatic heterocycles. The number of nitrogens with one attached hydrogen (secondary N) is 1. The molecular weight excluding hydrogens is 326 g/mol. The van der Waals surface area contributed by atoms with Crippen LogP contribution >= 0.6 is 0 Å². The minimum Gasteiger partial charge on any atom is -0.464 e. The quantitative estimate of drug-likeness (QED) is 0.667. The van der Waals surface area contributed by atoms with E-state index in [0.29, 0.717) is 12.3 Å². The predicted octanol–water partition coefficient (Wildman–Crippen LogP) is 3.53. The molecule has 0 spiro atoms. The van der Waals surface area contributed by atoms with Gasteiger partial charge in [-0.05, 0) is 61.7 Å². The highest BCUT2D eigenvalue weighted by molar-refractivity contribution is 5.85. The number of benzene rings is 1. The Labute approximate surface area is 153 Å². The van der Waals surface area contributed by atoms with Gasteiger partial charge in [0.2, 0.25) is 0 Å². The molecule has 0 radical (unpaired) electrons. The highest BCUT2D eigenvalue weighted by Gasteiger charge is 2.21. The van der Waals surface area contributed by atoms with Crippen molar-refractivity contribution < 1.29 is 9.84 Å². The van der Waals surface area contributed by atoms with Crippen molar-refractivity contribution in [2.75, 3.05) is 19.6 Å². The second kappa shape index (κ2) is 7.89. The summed E-state index contributed by atoms with van der Waals surface area (Å²) in [6, 6.07) is 12.0. The first-order valence-electron chi connectivity index (χ1n) is 9.33. The van der Waals surface area contributed by atoms with Gasteiger partial charge in [0.25, 0.3) is 0 Å². The number of H-pyrrole nitrogens is 1. The Morgan fingerprint density at radius 1 is 1.19 bits per heavy atom. The fourth-order valence-corrected chi connectivity index (χ4v) is 3.77. The van der Waals surface area contributed by atoms with E-state index in [-0.39, 0.29) is 0 Å². The highest BCUT2D eigenvalue weighted by Crippen LogP contribution is 2.28. The average Bonchev–Trinajstić information content (AvgIpc) is 3.17. The summed E-state index contributed by atoms with van der Waals surface area (Å²) < 4.78 is 5.77. The van der Waals surface area contributed by atoms with Gasteiger partial charge in [0.05, 0.1) is 0 Å². The summed E-state index contributed by atoms with van der Waals surface area (Å²) in [5.74, 6) is 1.33. The van der Waals surface area contributed by atoms with Crippen LogP contribution < -0.4 is 4.74 Å². The van der Waals surface area contributed by atoms with E-state index in [4.69, 9.17) is 4.74 Å². The lowest BCUT2D eigenvalue weighted by Crippen LogP contribution is -2.35. The molecule has 3 heterocycles. The SMILES string of the molecule is OC(CCN1CCC(c2cccnc2)CC1)Oc1cccc2[nH]ccc12. The Balaban J connectivity index is 1.25. The molecule has 26 heavy (non-hydrogen) atoms. The zero-order chi connectivity index (χ0) is 17.8. The van der Waals surface area contributed by atoms with Gasteiger partial charge < -0.3 is 19.7 Å². The molecule has 2 aromatic heterocycles. The fourth-order valence-electron chi connectivity index (χ4n) is 3.77. The molecule has 3 aromatic rings. The van der Waals surface area contributed by atoms with Gasteiger partial charge >= 0.3 is 0 Å². The van der Waals surface area contributed by atoms with Gasteiger partial charge in [-0.15, -0.1) is 0 Å². The average molecular weight is 351 g/mol. The zero-order valence-electron chi connectivity index (χ0n) is 14.8. The number of ether oxygens (including phenoxy) is 1. The van der Waals surface area contributed by atoms with Crippen molar-refractivity contribution in [2.45, 2.75) is 31.5 Å². The molecule has 1 fully saturated rings. The lowest BCUT2D eigenvalue weighted by Gasteiger charge is -2.32. The van der Waals surface area contributed by atoms with E-state index in [9.17, 15) is 5.11 Å². The van der Waals surface area contributed by atoms with Crippen LogP contribution in [0, 0.1) is 0 Å². The van der Waals surface area contributed by atoms with Crippen molar-refractivity contribution in [1.82, 2.24) is 14.9 Å². The van der Waals surface area contributed by atoms with E-state index in [1.165, 1.54) is 5.56 Å². The molecule has 5 nitrogen and oxygen atoms in total. The van der Waals surface area contributed by atoms with Gasteiger partial charge in [-0.25, -0.2) is 0 Å². The Bertz CT molecular complexity index is 825. The molecule has 5 heteroatoms. The standard InChI is InChI=1S/C21H25N3O2/c25-21(26-20-5-1-4-19-18(20)6-11-23-19)9-14-24-12-7-16(8-13-24)17-3-2-10-22-15-17/h1-6,10-11,15-16,21,23,25H,7-9,12-14H2. The van der Waals surface area contributed by atoms with Gasteiger partial charge in [0.15, 0.2) is 6.29 Å². The Kier molecular flexibility index (Phi) is 5.18. The number of rotatable bonds is 6. The van der Waals surface area contributed by atoms with Crippen molar-refractivity contribution >= 4 is 10.9 Å². The molecule has 4 rings (SSSR count). The number of likely N-dealkylation sites (tertiary alicyclic amines) is 1. The summed E-state index contributed by atoms with van der Waals surface area (Å²) in [7, 11) is 0. The van der Waals surface area contributed by atoms with Crippen LogP contribution in [0.1, 0.15) is 30.7 Å². The summed E-state index contributed by atoms with van der Waals surface area (Å²) >= 11 is 0. The fraction of sp³-hybridized carbons (Fsp3) is 0.381. The van der Waals surface area contributed by atoms with Gasteiger partial charge in [0.1, 0.15) is 5.75 Å². The minimum atomic E-state index is -0.786. The Morgan fingerprint density at radius 3 is 2.88 bits per heavy atom. The van der Waals surface area contributed by atoms with Crippen LogP contribution in [0.15, 0.2) is 55.0 Å². The normalized spacial score (nSPS) is 17.4.